The van der Waals surface area contributed by atoms with Gasteiger partial charge in [-0.05, 0) is 18.4 Å². The predicted molar refractivity (Wildman–Crippen MR) is 50.8 cm³/mol. The minimum absolute atomic E-state index is 0.0717. The van der Waals surface area contributed by atoms with Crippen LogP contribution >= 0.6 is 11.8 Å². The lowest BCUT2D eigenvalue weighted by molar-refractivity contribution is 0.0289. The Morgan fingerprint density at radius 3 is 2.46 bits per heavy atom. The molecule has 0 bridgehead atoms. The van der Waals surface area contributed by atoms with Crippen LogP contribution in [0.5, 0.6) is 5.75 Å². The lowest BCUT2D eigenvalue weighted by Gasteiger charge is -2.10. The lowest BCUT2D eigenvalue weighted by Crippen LogP contribution is -2.10. The number of benzene rings is 1. The molecule has 0 radical (unpaired) electrons. The molecule has 1 aromatic carbocycles. The third-order valence-corrected chi connectivity index (χ3v) is 2.27. The largest absolute Gasteiger partial charge is 0.497 e. The Kier molecular flexibility index (Phi) is 3.41. The normalized spacial score (nSPS) is 9.85. The minimum atomic E-state index is 0.0717. The van der Waals surface area contributed by atoms with E-state index in [0.717, 1.165) is 4.90 Å². The van der Waals surface area contributed by atoms with Crippen molar-refractivity contribution >= 4 is 17.4 Å². The van der Waals surface area contributed by atoms with Gasteiger partial charge in [-0.2, -0.15) is 0 Å². The van der Waals surface area contributed by atoms with Gasteiger partial charge in [-0.3, -0.25) is 10.4 Å². The Labute approximate surface area is 80.7 Å². The van der Waals surface area contributed by atoms with Gasteiger partial charge in [-0.15, -0.1) is 17.0 Å². The van der Waals surface area contributed by atoms with Crippen LogP contribution in [0.3, 0.4) is 0 Å². The van der Waals surface area contributed by atoms with Crippen LogP contribution in [0.2, 0.25) is 0 Å². The second kappa shape index (κ2) is 4.36. The molecule has 0 aliphatic carbocycles. The Morgan fingerprint density at radius 2 is 2.00 bits per heavy atom. The van der Waals surface area contributed by atoms with Gasteiger partial charge >= 0.3 is 0 Å². The average Bonchev–Trinajstić information content (AvgIpc) is 2.16. The van der Waals surface area contributed by atoms with Crippen molar-refractivity contribution in [3.63, 3.8) is 0 Å². The summed E-state index contributed by atoms with van der Waals surface area (Å²) in [7, 11) is 1.53. The summed E-state index contributed by atoms with van der Waals surface area (Å²) in [6, 6.07) is 4.99. The first-order chi connectivity index (χ1) is 6.17. The van der Waals surface area contributed by atoms with Gasteiger partial charge in [0.1, 0.15) is 5.75 Å². The van der Waals surface area contributed by atoms with E-state index in [1.807, 2.05) is 12.3 Å². The smallest absolute Gasteiger partial charge is 0.122 e. The zero-order valence-electron chi connectivity index (χ0n) is 7.39. The van der Waals surface area contributed by atoms with Crippen LogP contribution in [0.1, 0.15) is 0 Å². The molecule has 2 N–H and O–H groups in total. The number of thioether (sulfide) groups is 1. The summed E-state index contributed by atoms with van der Waals surface area (Å²) < 4.78 is 4.99. The number of hydrogen-bond acceptors (Lipinski definition) is 5. The van der Waals surface area contributed by atoms with Gasteiger partial charge < -0.3 is 4.74 Å². The topological polar surface area (TPSA) is 52.9 Å². The van der Waals surface area contributed by atoms with E-state index in [9.17, 15) is 0 Å². The van der Waals surface area contributed by atoms with Crippen molar-refractivity contribution in [2.24, 2.45) is 0 Å². The van der Waals surface area contributed by atoms with Crippen LogP contribution in [0.15, 0.2) is 23.1 Å². The second-order valence-electron chi connectivity index (χ2n) is 2.36. The maximum absolute atomic E-state index is 8.79. The van der Waals surface area contributed by atoms with Gasteiger partial charge in [0.2, 0.25) is 0 Å². The molecule has 0 fully saturated rings. The van der Waals surface area contributed by atoms with Crippen molar-refractivity contribution in [2.75, 3.05) is 18.6 Å². The monoisotopic (exact) mass is 201 g/mol. The summed E-state index contributed by atoms with van der Waals surface area (Å²) in [6.07, 6.45) is 1.90. The first-order valence-electron chi connectivity index (χ1n) is 3.58. The molecule has 0 heterocycles. The molecule has 5 heteroatoms. The van der Waals surface area contributed by atoms with E-state index < -0.39 is 0 Å². The van der Waals surface area contributed by atoms with Crippen molar-refractivity contribution in [2.45, 2.75) is 4.90 Å². The summed E-state index contributed by atoms with van der Waals surface area (Å²) in [5.74, 6) is 0.593. The van der Waals surface area contributed by atoms with Crippen molar-refractivity contribution in [3.8, 4) is 5.75 Å². The molecule has 4 nitrogen and oxygen atoms in total. The summed E-state index contributed by atoms with van der Waals surface area (Å²) in [5.41, 5.74) is 0.281. The number of nitrogens with zero attached hydrogens (tertiary/aromatic N) is 1. The fourth-order valence-corrected chi connectivity index (χ4v) is 1.38. The molecular formula is C8H11NO3S. The third-order valence-electron chi connectivity index (χ3n) is 1.57. The maximum atomic E-state index is 8.79. The highest BCUT2D eigenvalue weighted by atomic mass is 32.2. The van der Waals surface area contributed by atoms with Crippen LogP contribution in [-0.4, -0.2) is 23.8 Å². The van der Waals surface area contributed by atoms with Crippen molar-refractivity contribution in [1.29, 1.82) is 0 Å². The van der Waals surface area contributed by atoms with Crippen molar-refractivity contribution in [1.82, 2.24) is 0 Å². The second-order valence-corrected chi connectivity index (χ2v) is 3.24. The first kappa shape index (κ1) is 10.2. The van der Waals surface area contributed by atoms with Gasteiger partial charge in [0.15, 0.2) is 0 Å². The van der Waals surface area contributed by atoms with Crippen LogP contribution in [0, 0.1) is 0 Å². The molecule has 0 aliphatic rings. The zero-order chi connectivity index (χ0) is 9.84. The minimum Gasteiger partial charge on any atom is -0.497 e. The fraction of sp³-hybridized carbons (Fsp3) is 0.250. The Balaban J connectivity index is 3.07. The van der Waals surface area contributed by atoms with E-state index in [1.165, 1.54) is 24.9 Å². The highest BCUT2D eigenvalue weighted by molar-refractivity contribution is 7.98. The molecule has 13 heavy (non-hydrogen) atoms. The molecule has 0 aromatic heterocycles. The lowest BCUT2D eigenvalue weighted by atomic mass is 10.3. The van der Waals surface area contributed by atoms with E-state index in [1.54, 1.807) is 6.07 Å². The Morgan fingerprint density at radius 1 is 1.31 bits per heavy atom. The molecule has 72 valence electrons. The van der Waals surface area contributed by atoms with E-state index in [0.29, 0.717) is 5.75 Å². The first-order valence-corrected chi connectivity index (χ1v) is 4.81. The number of ether oxygens (including phenoxy) is 1. The van der Waals surface area contributed by atoms with Crippen LogP contribution < -0.4 is 9.96 Å². The van der Waals surface area contributed by atoms with Gasteiger partial charge in [0.25, 0.3) is 0 Å². The molecule has 1 rings (SSSR count). The third kappa shape index (κ3) is 2.51. The SMILES string of the molecule is COc1cc(SC)cc(N(O)O)c1. The van der Waals surface area contributed by atoms with Crippen LogP contribution in [-0.2, 0) is 0 Å². The average molecular weight is 201 g/mol. The van der Waals surface area contributed by atoms with E-state index in [4.69, 9.17) is 15.2 Å². The number of methoxy groups -OCH3 is 1. The molecule has 0 atom stereocenters. The quantitative estimate of drug-likeness (QED) is 0.578. The molecule has 0 amide bonds. The van der Waals surface area contributed by atoms with Crippen molar-refractivity contribution in [3.05, 3.63) is 18.2 Å². The number of hydrogen-bond donors (Lipinski definition) is 2. The van der Waals surface area contributed by atoms with Crippen molar-refractivity contribution < 1.29 is 15.2 Å². The molecular weight excluding hydrogens is 190 g/mol. The number of rotatable bonds is 3. The number of anilines is 1. The summed E-state index contributed by atoms with van der Waals surface area (Å²) in [6.45, 7) is 0. The van der Waals surface area contributed by atoms with Gasteiger partial charge in [-0.1, -0.05) is 0 Å². The molecule has 0 aliphatic heterocycles. The molecule has 0 unspecified atom stereocenters. The highest BCUT2D eigenvalue weighted by Gasteiger charge is 2.04. The van der Waals surface area contributed by atoms with Gasteiger partial charge in [0, 0.05) is 11.0 Å². The highest BCUT2D eigenvalue weighted by Crippen LogP contribution is 2.27. The van der Waals surface area contributed by atoms with Gasteiger partial charge in [-0.25, -0.2) is 0 Å². The molecule has 0 spiro atoms. The van der Waals surface area contributed by atoms with E-state index >= 15 is 0 Å². The summed E-state index contributed by atoms with van der Waals surface area (Å²) >= 11 is 1.50. The maximum Gasteiger partial charge on any atom is 0.122 e. The standard InChI is InChI=1S/C8H11NO3S/c1-12-7-3-6(9(10)11)4-8(5-7)13-2/h3-5,10-11H,1-2H3. The molecule has 1 aromatic rings. The Bertz CT molecular complexity index is 268. The Hall–Kier alpha value is -0.910. The summed E-state index contributed by atoms with van der Waals surface area (Å²) in [4.78, 5) is 0.905. The van der Waals surface area contributed by atoms with Gasteiger partial charge in [0.05, 0.1) is 12.8 Å². The molecule has 0 saturated heterocycles. The van der Waals surface area contributed by atoms with Crippen LogP contribution in [0.25, 0.3) is 0 Å². The fourth-order valence-electron chi connectivity index (χ4n) is 0.908. The molecule has 0 saturated carbocycles. The van der Waals surface area contributed by atoms with E-state index in [2.05, 4.69) is 0 Å². The zero-order valence-corrected chi connectivity index (χ0v) is 8.21. The van der Waals surface area contributed by atoms with E-state index in [-0.39, 0.29) is 10.9 Å². The predicted octanol–water partition coefficient (Wildman–Crippen LogP) is 2.00. The van der Waals surface area contributed by atoms with Crippen LogP contribution in [0.4, 0.5) is 5.69 Å². The summed E-state index contributed by atoms with van der Waals surface area (Å²) in [5, 5.41) is 17.6.